The predicted molar refractivity (Wildman–Crippen MR) is 169 cm³/mol. The highest BCUT2D eigenvalue weighted by atomic mass is 35.5. The molecule has 7 atom stereocenters. The number of likely N-dealkylation sites (N-methyl/N-ethyl adjacent to an activating group) is 1. The van der Waals surface area contributed by atoms with Gasteiger partial charge < -0.3 is 20.7 Å². The van der Waals surface area contributed by atoms with Gasteiger partial charge in [0.15, 0.2) is 0 Å². The monoisotopic (exact) mass is 688 g/mol. The van der Waals surface area contributed by atoms with Crippen LogP contribution in [0.3, 0.4) is 0 Å². The maximum Gasteiger partial charge on any atom is 0.391 e. The first-order chi connectivity index (χ1) is 21.7. The SMILES string of the molecule is CN1CC(CCc2c(F)cccc2NC(=O)C(N)C(c2ccc(Cl)cc2)C2CCOC(CC(F)(F)F)C2)N2CC1CCCS2(=O)=O. The summed E-state index contributed by atoms with van der Waals surface area (Å²) in [6, 6.07) is 9.65. The normalized spacial score (nSPS) is 28.2. The molecule has 2 bridgehead atoms. The van der Waals surface area contributed by atoms with Crippen molar-refractivity contribution in [2.45, 2.75) is 81.3 Å². The molecule has 0 radical (unpaired) electrons. The molecule has 0 aromatic heterocycles. The highest BCUT2D eigenvalue weighted by Crippen LogP contribution is 2.39. The Morgan fingerprint density at radius 1 is 1.15 bits per heavy atom. The quantitative estimate of drug-likeness (QED) is 0.346. The van der Waals surface area contributed by atoms with Crippen molar-refractivity contribution in [2.75, 3.05) is 37.8 Å². The number of hydrogen-bond acceptors (Lipinski definition) is 6. The molecule has 7 unspecified atom stereocenters. The first-order valence-corrected chi connectivity index (χ1v) is 17.7. The summed E-state index contributed by atoms with van der Waals surface area (Å²) < 4.78 is 87.9. The van der Waals surface area contributed by atoms with Crippen LogP contribution >= 0.6 is 11.6 Å². The summed E-state index contributed by atoms with van der Waals surface area (Å²) in [5.74, 6) is -2.11. The van der Waals surface area contributed by atoms with Crippen molar-refractivity contribution in [2.24, 2.45) is 11.7 Å². The van der Waals surface area contributed by atoms with Gasteiger partial charge in [-0.15, -0.1) is 0 Å². The van der Waals surface area contributed by atoms with Crippen molar-refractivity contribution < 1.29 is 35.5 Å². The number of piperazine rings is 1. The van der Waals surface area contributed by atoms with Crippen LogP contribution in [0, 0.1) is 11.7 Å². The highest BCUT2D eigenvalue weighted by Gasteiger charge is 2.42. The first kappa shape index (κ1) is 35.0. The van der Waals surface area contributed by atoms with Crippen LogP contribution in [-0.4, -0.2) is 86.4 Å². The van der Waals surface area contributed by atoms with Gasteiger partial charge >= 0.3 is 6.18 Å². The van der Waals surface area contributed by atoms with Crippen molar-refractivity contribution in [1.82, 2.24) is 9.21 Å². The Morgan fingerprint density at radius 3 is 2.61 bits per heavy atom. The fourth-order valence-corrected chi connectivity index (χ4v) is 9.21. The van der Waals surface area contributed by atoms with Gasteiger partial charge in [-0.05, 0) is 81.3 Å². The third-order valence-corrected chi connectivity index (χ3v) is 11.9. The molecule has 3 aliphatic rings. The van der Waals surface area contributed by atoms with Gasteiger partial charge in [-0.1, -0.05) is 29.8 Å². The zero-order valence-electron chi connectivity index (χ0n) is 25.7. The molecule has 14 heteroatoms. The fourth-order valence-electron chi connectivity index (χ4n) is 7.29. The third-order valence-electron chi connectivity index (χ3n) is 9.64. The minimum atomic E-state index is -4.40. The zero-order chi connectivity index (χ0) is 33.2. The van der Waals surface area contributed by atoms with E-state index in [0.29, 0.717) is 42.9 Å². The molecular formula is C32H41ClF4N4O4S. The van der Waals surface area contributed by atoms with E-state index in [4.69, 9.17) is 22.1 Å². The lowest BCUT2D eigenvalue weighted by molar-refractivity contribution is -0.169. The molecule has 0 spiro atoms. The summed E-state index contributed by atoms with van der Waals surface area (Å²) in [5, 5.41) is 3.24. The summed E-state index contributed by atoms with van der Waals surface area (Å²) in [6.45, 7) is 1.02. The lowest BCUT2D eigenvalue weighted by atomic mass is 9.75. The summed E-state index contributed by atoms with van der Waals surface area (Å²) in [4.78, 5) is 15.9. The molecular weight excluding hydrogens is 648 g/mol. The number of ether oxygens (including phenoxy) is 1. The second-order valence-electron chi connectivity index (χ2n) is 12.8. The Morgan fingerprint density at radius 2 is 1.89 bits per heavy atom. The van der Waals surface area contributed by atoms with Crippen molar-refractivity contribution in [3.63, 3.8) is 0 Å². The number of sulfonamides is 1. The largest absolute Gasteiger partial charge is 0.391 e. The molecule has 254 valence electrons. The van der Waals surface area contributed by atoms with Crippen LogP contribution in [0.1, 0.15) is 55.6 Å². The van der Waals surface area contributed by atoms with Gasteiger partial charge in [0.25, 0.3) is 0 Å². The molecule has 3 fully saturated rings. The third kappa shape index (κ3) is 8.40. The number of nitrogens with two attached hydrogens (primary N) is 1. The van der Waals surface area contributed by atoms with Gasteiger partial charge in [-0.3, -0.25) is 4.79 Å². The highest BCUT2D eigenvalue weighted by molar-refractivity contribution is 7.89. The number of nitrogens with zero attached hydrogens (tertiary/aromatic N) is 2. The summed E-state index contributed by atoms with van der Waals surface area (Å²) >= 11 is 6.10. The molecule has 46 heavy (non-hydrogen) atoms. The van der Waals surface area contributed by atoms with Crippen LogP contribution in [0.25, 0.3) is 0 Å². The van der Waals surface area contributed by atoms with Crippen molar-refractivity contribution in [3.05, 3.63) is 64.4 Å². The number of anilines is 1. The van der Waals surface area contributed by atoms with Crippen LogP contribution in [0.2, 0.25) is 5.02 Å². The van der Waals surface area contributed by atoms with Crippen LogP contribution in [0.15, 0.2) is 42.5 Å². The van der Waals surface area contributed by atoms with Crippen molar-refractivity contribution in [3.8, 4) is 0 Å². The van der Waals surface area contributed by atoms with E-state index >= 15 is 4.39 Å². The first-order valence-electron chi connectivity index (χ1n) is 15.7. The topological polar surface area (TPSA) is 105 Å². The van der Waals surface area contributed by atoms with E-state index in [9.17, 15) is 26.4 Å². The lowest BCUT2D eigenvalue weighted by Crippen LogP contribution is -2.57. The number of nitrogens with one attached hydrogen (secondary N) is 1. The van der Waals surface area contributed by atoms with E-state index in [-0.39, 0.29) is 48.5 Å². The van der Waals surface area contributed by atoms with Gasteiger partial charge in [0.05, 0.1) is 24.3 Å². The van der Waals surface area contributed by atoms with Crippen LogP contribution in [0.4, 0.5) is 23.2 Å². The standard InChI is InChI=1S/C32H41ClF4N4O4S/c1-40-18-24(41-19-23(40)4-3-15-46(41,43)44)11-12-26-27(34)5-2-6-28(26)39-31(42)30(38)29(20-7-9-22(33)10-8-20)21-13-14-45-25(16-21)17-32(35,36)37/h2,5-10,21,23-25,29-30H,3-4,11-19,38H2,1H3,(H,39,42). The van der Waals surface area contributed by atoms with Crippen molar-refractivity contribution >= 4 is 33.2 Å². The summed E-state index contributed by atoms with van der Waals surface area (Å²) in [5.41, 5.74) is 7.71. The number of rotatable bonds is 9. The molecule has 2 aromatic rings. The molecule has 0 saturated carbocycles. The number of fused-ring (bicyclic) bond motifs is 2. The number of amides is 1. The van der Waals surface area contributed by atoms with Crippen LogP contribution in [-0.2, 0) is 26.0 Å². The van der Waals surface area contributed by atoms with E-state index in [1.54, 1.807) is 34.6 Å². The average molecular weight is 689 g/mol. The van der Waals surface area contributed by atoms with Crippen LogP contribution < -0.4 is 11.1 Å². The van der Waals surface area contributed by atoms with E-state index < -0.39 is 58.3 Å². The molecule has 8 nitrogen and oxygen atoms in total. The molecule has 1 amide bonds. The van der Waals surface area contributed by atoms with Crippen LogP contribution in [0.5, 0.6) is 0 Å². The fraction of sp³-hybridized carbons (Fsp3) is 0.594. The molecule has 3 N–H and O–H groups in total. The molecule has 2 aromatic carbocycles. The molecule has 3 heterocycles. The van der Waals surface area contributed by atoms with Gasteiger partial charge in [0.2, 0.25) is 15.9 Å². The van der Waals surface area contributed by atoms with E-state index in [1.807, 2.05) is 7.05 Å². The number of hydrogen-bond donors (Lipinski definition) is 2. The number of benzene rings is 2. The number of carbonyl (C=O) groups is 1. The average Bonchev–Trinajstić information content (AvgIpc) is 3.11. The smallest absolute Gasteiger partial charge is 0.378 e. The second kappa shape index (κ2) is 14.4. The summed E-state index contributed by atoms with van der Waals surface area (Å²) in [7, 11) is -1.46. The van der Waals surface area contributed by atoms with E-state index in [0.717, 1.165) is 6.42 Å². The lowest BCUT2D eigenvalue weighted by Gasteiger charge is -2.42. The van der Waals surface area contributed by atoms with Gasteiger partial charge in [-0.2, -0.15) is 17.5 Å². The molecule has 5 rings (SSSR count). The second-order valence-corrected chi connectivity index (χ2v) is 15.2. The van der Waals surface area contributed by atoms with Gasteiger partial charge in [0.1, 0.15) is 5.82 Å². The molecule has 0 aliphatic carbocycles. The van der Waals surface area contributed by atoms with Gasteiger partial charge in [0, 0.05) is 54.0 Å². The molecule has 3 aliphatic heterocycles. The Bertz CT molecular complexity index is 1480. The summed E-state index contributed by atoms with van der Waals surface area (Å²) in [6.07, 6.45) is -4.16. The van der Waals surface area contributed by atoms with Gasteiger partial charge in [-0.25, -0.2) is 12.8 Å². The van der Waals surface area contributed by atoms with E-state index in [1.165, 1.54) is 12.1 Å². The maximum absolute atomic E-state index is 15.3. The molecule has 3 saturated heterocycles. The number of halogens is 5. The Balaban J connectivity index is 1.34. The van der Waals surface area contributed by atoms with E-state index in [2.05, 4.69) is 10.2 Å². The number of carbonyl (C=O) groups excluding carboxylic acids is 1. The minimum Gasteiger partial charge on any atom is -0.378 e. The minimum absolute atomic E-state index is 0.0646. The maximum atomic E-state index is 15.3. The Hall–Kier alpha value is -2.29. The predicted octanol–water partition coefficient (Wildman–Crippen LogP) is 5.32. The zero-order valence-corrected chi connectivity index (χ0v) is 27.3. The van der Waals surface area contributed by atoms with Crippen molar-refractivity contribution in [1.29, 1.82) is 0 Å². The number of alkyl halides is 3. The Labute approximate surface area is 272 Å². The Kier molecular flexibility index (Phi) is 11.0.